The average Bonchev–Trinajstić information content (AvgIpc) is 2.30. The minimum absolute atomic E-state index is 0.0944. The van der Waals surface area contributed by atoms with E-state index in [1.807, 2.05) is 0 Å². The largest absolute Gasteiger partial charge is 0.478 e. The van der Waals surface area contributed by atoms with Gasteiger partial charge in [-0.1, -0.05) is 0 Å². The topological polar surface area (TPSA) is 122 Å². The van der Waals surface area contributed by atoms with Gasteiger partial charge in [-0.05, 0) is 25.1 Å². The van der Waals surface area contributed by atoms with Crippen molar-refractivity contribution < 1.29 is 23.9 Å². The van der Waals surface area contributed by atoms with Gasteiger partial charge in [0, 0.05) is 0 Å². The van der Waals surface area contributed by atoms with Gasteiger partial charge in [-0.25, -0.2) is 14.0 Å². The molecule has 0 aliphatic carbocycles. The van der Waals surface area contributed by atoms with E-state index in [1.165, 1.54) is 6.92 Å². The number of hydrogen-bond donors (Lipinski definition) is 4. The number of carboxylic acids is 1. The van der Waals surface area contributed by atoms with E-state index in [1.54, 1.807) is 0 Å². The van der Waals surface area contributed by atoms with Crippen molar-refractivity contribution in [2.45, 2.75) is 13.0 Å². The summed E-state index contributed by atoms with van der Waals surface area (Å²) in [4.78, 5) is 33.1. The molecule has 0 aromatic heterocycles. The maximum atomic E-state index is 12.9. The summed E-state index contributed by atoms with van der Waals surface area (Å²) < 4.78 is 12.9. The molecule has 3 amide bonds. The van der Waals surface area contributed by atoms with Crippen LogP contribution in [0, 0.1) is 5.82 Å². The first kappa shape index (κ1) is 14.4. The second kappa shape index (κ2) is 5.80. The van der Waals surface area contributed by atoms with Crippen molar-refractivity contribution in [3.05, 3.63) is 29.6 Å². The Labute approximate surface area is 107 Å². The van der Waals surface area contributed by atoms with E-state index in [2.05, 4.69) is 10.6 Å². The Morgan fingerprint density at radius 1 is 1.37 bits per heavy atom. The van der Waals surface area contributed by atoms with Gasteiger partial charge in [0.05, 0.1) is 11.3 Å². The summed E-state index contributed by atoms with van der Waals surface area (Å²) in [5.41, 5.74) is 4.46. The van der Waals surface area contributed by atoms with Crippen LogP contribution in [0.1, 0.15) is 17.3 Å². The molecule has 0 spiro atoms. The van der Waals surface area contributed by atoms with Crippen molar-refractivity contribution in [2.24, 2.45) is 5.73 Å². The van der Waals surface area contributed by atoms with E-state index in [0.29, 0.717) is 0 Å². The third kappa shape index (κ3) is 3.95. The molecule has 0 heterocycles. The van der Waals surface area contributed by atoms with Crippen LogP contribution in [0.5, 0.6) is 0 Å². The summed E-state index contributed by atoms with van der Waals surface area (Å²) in [6.45, 7) is 1.37. The quantitative estimate of drug-likeness (QED) is 0.636. The number of rotatable bonds is 4. The van der Waals surface area contributed by atoms with E-state index >= 15 is 0 Å². The van der Waals surface area contributed by atoms with Crippen molar-refractivity contribution >= 4 is 23.6 Å². The van der Waals surface area contributed by atoms with Crippen molar-refractivity contribution in [2.75, 3.05) is 5.32 Å². The van der Waals surface area contributed by atoms with Crippen LogP contribution in [-0.2, 0) is 4.79 Å². The molecule has 0 aliphatic heterocycles. The molecule has 8 heteroatoms. The van der Waals surface area contributed by atoms with Crippen LogP contribution in [0.4, 0.5) is 14.9 Å². The molecule has 0 bridgehead atoms. The molecule has 1 rings (SSSR count). The average molecular weight is 269 g/mol. The molecule has 0 saturated carbocycles. The number of carboxylic acid groups (broad SMARTS) is 1. The molecule has 19 heavy (non-hydrogen) atoms. The standard InChI is InChI=1S/C11H12FN3O4/c1-5(9(13)16)14-11(19)15-8-3-2-6(12)4-7(8)10(17)18/h2-5H,1H3,(H2,13,16)(H,17,18)(H2,14,15,19). The van der Waals surface area contributed by atoms with E-state index in [4.69, 9.17) is 10.8 Å². The fourth-order valence-electron chi connectivity index (χ4n) is 1.23. The molecule has 1 unspecified atom stereocenters. The van der Waals surface area contributed by atoms with Crippen molar-refractivity contribution in [3.8, 4) is 0 Å². The normalized spacial score (nSPS) is 11.5. The lowest BCUT2D eigenvalue weighted by Gasteiger charge is -2.12. The number of primary amides is 1. The first-order valence-electron chi connectivity index (χ1n) is 5.21. The maximum Gasteiger partial charge on any atom is 0.337 e. The fourth-order valence-corrected chi connectivity index (χ4v) is 1.23. The first-order valence-corrected chi connectivity index (χ1v) is 5.21. The lowest BCUT2D eigenvalue weighted by atomic mass is 10.1. The summed E-state index contributed by atoms with van der Waals surface area (Å²) >= 11 is 0. The number of carbonyl (C=O) groups is 3. The highest BCUT2D eigenvalue weighted by atomic mass is 19.1. The van der Waals surface area contributed by atoms with Crippen LogP contribution in [-0.4, -0.2) is 29.1 Å². The molecule has 102 valence electrons. The number of anilines is 1. The zero-order valence-electron chi connectivity index (χ0n) is 9.94. The van der Waals surface area contributed by atoms with E-state index in [-0.39, 0.29) is 5.69 Å². The Bertz CT molecular complexity index is 533. The second-order valence-corrected chi connectivity index (χ2v) is 3.72. The zero-order valence-corrected chi connectivity index (χ0v) is 9.94. The lowest BCUT2D eigenvalue weighted by molar-refractivity contribution is -0.119. The smallest absolute Gasteiger partial charge is 0.337 e. The van der Waals surface area contributed by atoms with Crippen LogP contribution in [0.15, 0.2) is 18.2 Å². The van der Waals surface area contributed by atoms with Crippen LogP contribution in [0.25, 0.3) is 0 Å². The van der Waals surface area contributed by atoms with Gasteiger partial charge in [-0.2, -0.15) is 0 Å². The third-order valence-corrected chi connectivity index (χ3v) is 2.23. The lowest BCUT2D eigenvalue weighted by Crippen LogP contribution is -2.44. The van der Waals surface area contributed by atoms with E-state index in [9.17, 15) is 18.8 Å². The number of hydrogen-bond acceptors (Lipinski definition) is 3. The monoisotopic (exact) mass is 269 g/mol. The number of aromatic carboxylic acids is 1. The Kier molecular flexibility index (Phi) is 4.41. The minimum Gasteiger partial charge on any atom is -0.478 e. The molecule has 0 fully saturated rings. The van der Waals surface area contributed by atoms with Gasteiger partial charge in [0.25, 0.3) is 0 Å². The summed E-state index contributed by atoms with van der Waals surface area (Å²) in [6.07, 6.45) is 0. The number of amides is 3. The number of carbonyl (C=O) groups excluding carboxylic acids is 2. The number of benzene rings is 1. The molecule has 1 aromatic carbocycles. The Morgan fingerprint density at radius 2 is 2.00 bits per heavy atom. The SMILES string of the molecule is CC(NC(=O)Nc1ccc(F)cc1C(=O)O)C(N)=O. The first-order chi connectivity index (χ1) is 8.81. The molecule has 1 aromatic rings. The molecule has 1 atom stereocenters. The van der Waals surface area contributed by atoms with Crippen LogP contribution in [0.2, 0.25) is 0 Å². The highest BCUT2D eigenvalue weighted by Gasteiger charge is 2.16. The molecular weight excluding hydrogens is 257 g/mol. The number of halogens is 1. The van der Waals surface area contributed by atoms with Gasteiger partial charge in [-0.15, -0.1) is 0 Å². The Hall–Kier alpha value is -2.64. The predicted octanol–water partition coefficient (Wildman–Crippen LogP) is 0.519. The Morgan fingerprint density at radius 3 is 2.53 bits per heavy atom. The minimum atomic E-state index is -1.39. The summed E-state index contributed by atoms with van der Waals surface area (Å²) in [7, 11) is 0. The molecule has 5 N–H and O–H groups in total. The fraction of sp³-hybridized carbons (Fsp3) is 0.182. The van der Waals surface area contributed by atoms with Crippen molar-refractivity contribution in [1.29, 1.82) is 0 Å². The van der Waals surface area contributed by atoms with Gasteiger partial charge >= 0.3 is 12.0 Å². The van der Waals surface area contributed by atoms with Crippen molar-refractivity contribution in [1.82, 2.24) is 5.32 Å². The van der Waals surface area contributed by atoms with Crippen LogP contribution in [0.3, 0.4) is 0 Å². The van der Waals surface area contributed by atoms with Gasteiger partial charge in [0.1, 0.15) is 11.9 Å². The van der Waals surface area contributed by atoms with Crippen LogP contribution >= 0.6 is 0 Å². The highest BCUT2D eigenvalue weighted by molar-refractivity contribution is 6.00. The van der Waals surface area contributed by atoms with Gasteiger partial charge in [-0.3, -0.25) is 4.79 Å². The van der Waals surface area contributed by atoms with Crippen LogP contribution < -0.4 is 16.4 Å². The number of nitrogens with one attached hydrogen (secondary N) is 2. The second-order valence-electron chi connectivity index (χ2n) is 3.72. The Balaban J connectivity index is 2.85. The predicted molar refractivity (Wildman–Crippen MR) is 64.2 cm³/mol. The van der Waals surface area contributed by atoms with E-state index in [0.717, 1.165) is 18.2 Å². The van der Waals surface area contributed by atoms with E-state index < -0.39 is 35.3 Å². The molecular formula is C11H12FN3O4. The number of urea groups is 1. The molecule has 0 saturated heterocycles. The highest BCUT2D eigenvalue weighted by Crippen LogP contribution is 2.16. The maximum absolute atomic E-state index is 12.9. The van der Waals surface area contributed by atoms with Gasteiger partial charge < -0.3 is 21.5 Å². The van der Waals surface area contributed by atoms with Crippen molar-refractivity contribution in [3.63, 3.8) is 0 Å². The summed E-state index contributed by atoms with van der Waals surface area (Å²) in [6, 6.07) is 1.14. The molecule has 0 radical (unpaired) electrons. The molecule has 0 aliphatic rings. The van der Waals surface area contributed by atoms with Gasteiger partial charge in [0.2, 0.25) is 5.91 Å². The van der Waals surface area contributed by atoms with Gasteiger partial charge in [0.15, 0.2) is 0 Å². The third-order valence-electron chi connectivity index (χ3n) is 2.23. The summed E-state index contributed by atoms with van der Waals surface area (Å²) in [5.74, 6) is -2.88. The summed E-state index contributed by atoms with van der Waals surface area (Å²) in [5, 5.41) is 13.3. The number of nitrogens with two attached hydrogens (primary N) is 1. The molecule has 7 nitrogen and oxygen atoms in total. The zero-order chi connectivity index (χ0) is 14.6.